The first-order chi connectivity index (χ1) is 11.4. The Morgan fingerprint density at radius 3 is 2.67 bits per heavy atom. The van der Waals surface area contributed by atoms with Gasteiger partial charge < -0.3 is 19.3 Å². The lowest BCUT2D eigenvalue weighted by atomic mass is 10.0. The standard InChI is InChI=1S/C15H21NO7S/c1-21-13-7-11(6-12(15(17)18)14(13)22-2)24(19,20)16-8-10-4-3-5-23-9-10/h6-7,10,16H,3-5,8-9H2,1-2H3,(H,17,18). The zero-order chi connectivity index (χ0) is 17.7. The van der Waals surface area contributed by atoms with E-state index in [4.69, 9.17) is 14.2 Å². The van der Waals surface area contributed by atoms with E-state index in [1.54, 1.807) is 0 Å². The minimum atomic E-state index is -3.88. The molecule has 0 radical (unpaired) electrons. The van der Waals surface area contributed by atoms with Crippen LogP contribution in [0.3, 0.4) is 0 Å². The number of hydrogen-bond donors (Lipinski definition) is 2. The summed E-state index contributed by atoms with van der Waals surface area (Å²) in [5.41, 5.74) is -0.279. The summed E-state index contributed by atoms with van der Waals surface area (Å²) < 4.78 is 42.8. The van der Waals surface area contributed by atoms with Crippen molar-refractivity contribution in [2.45, 2.75) is 17.7 Å². The van der Waals surface area contributed by atoms with Gasteiger partial charge in [-0.1, -0.05) is 0 Å². The molecule has 1 aliphatic rings. The predicted molar refractivity (Wildman–Crippen MR) is 85.2 cm³/mol. The second-order valence-electron chi connectivity index (χ2n) is 5.45. The Hall–Kier alpha value is -1.84. The van der Waals surface area contributed by atoms with Gasteiger partial charge in [-0.25, -0.2) is 17.9 Å². The van der Waals surface area contributed by atoms with Crippen molar-refractivity contribution in [1.29, 1.82) is 0 Å². The highest BCUT2D eigenvalue weighted by Gasteiger charge is 2.25. The predicted octanol–water partition coefficient (Wildman–Crippen LogP) is 1.11. The van der Waals surface area contributed by atoms with Crippen molar-refractivity contribution in [3.05, 3.63) is 17.7 Å². The van der Waals surface area contributed by atoms with E-state index >= 15 is 0 Å². The van der Waals surface area contributed by atoms with Gasteiger partial charge in [0, 0.05) is 19.2 Å². The molecule has 24 heavy (non-hydrogen) atoms. The summed E-state index contributed by atoms with van der Waals surface area (Å²) in [7, 11) is -1.27. The van der Waals surface area contributed by atoms with Crippen LogP contribution >= 0.6 is 0 Å². The fraction of sp³-hybridized carbons (Fsp3) is 0.533. The fourth-order valence-corrected chi connectivity index (χ4v) is 3.69. The molecule has 9 heteroatoms. The van der Waals surface area contributed by atoms with Gasteiger partial charge in [0.1, 0.15) is 5.56 Å². The number of rotatable bonds is 7. The van der Waals surface area contributed by atoms with E-state index in [1.165, 1.54) is 20.3 Å². The van der Waals surface area contributed by atoms with E-state index in [9.17, 15) is 18.3 Å². The summed E-state index contributed by atoms with van der Waals surface area (Å²) in [4.78, 5) is 11.2. The summed E-state index contributed by atoms with van der Waals surface area (Å²) >= 11 is 0. The molecule has 0 aliphatic carbocycles. The molecule has 1 aromatic rings. The van der Waals surface area contributed by atoms with Crippen molar-refractivity contribution in [3.8, 4) is 11.5 Å². The van der Waals surface area contributed by atoms with E-state index in [2.05, 4.69) is 4.72 Å². The normalized spacial score (nSPS) is 18.2. The number of carboxylic acid groups (broad SMARTS) is 1. The second kappa shape index (κ2) is 7.82. The van der Waals surface area contributed by atoms with Gasteiger partial charge in [-0.3, -0.25) is 0 Å². The minimum Gasteiger partial charge on any atom is -0.493 e. The molecule has 1 aromatic carbocycles. The third kappa shape index (κ3) is 4.16. The molecule has 1 atom stereocenters. The number of nitrogens with one attached hydrogen (secondary N) is 1. The van der Waals surface area contributed by atoms with Gasteiger partial charge in [0.15, 0.2) is 11.5 Å². The number of ether oxygens (including phenoxy) is 3. The summed E-state index contributed by atoms with van der Waals surface area (Å²) in [6, 6.07) is 2.30. The average molecular weight is 359 g/mol. The van der Waals surface area contributed by atoms with Crippen LogP contribution in [0, 0.1) is 5.92 Å². The van der Waals surface area contributed by atoms with Crippen molar-refractivity contribution in [2.75, 3.05) is 34.0 Å². The van der Waals surface area contributed by atoms with Crippen LogP contribution in [0.4, 0.5) is 0 Å². The molecule has 1 saturated heterocycles. The van der Waals surface area contributed by atoms with E-state index in [-0.39, 0.29) is 34.4 Å². The molecule has 0 bridgehead atoms. The van der Waals surface area contributed by atoms with E-state index in [0.29, 0.717) is 13.2 Å². The van der Waals surface area contributed by atoms with Crippen LogP contribution in [0.25, 0.3) is 0 Å². The van der Waals surface area contributed by atoms with Crippen LogP contribution in [0.5, 0.6) is 11.5 Å². The summed E-state index contributed by atoms with van der Waals surface area (Å²) in [6.07, 6.45) is 1.78. The molecule has 0 saturated carbocycles. The topological polar surface area (TPSA) is 111 Å². The maximum Gasteiger partial charge on any atom is 0.339 e. The van der Waals surface area contributed by atoms with Gasteiger partial charge >= 0.3 is 5.97 Å². The first kappa shape index (κ1) is 18.5. The Balaban J connectivity index is 2.28. The third-order valence-corrected chi connectivity index (χ3v) is 5.21. The number of aromatic carboxylic acids is 1. The van der Waals surface area contributed by atoms with E-state index < -0.39 is 16.0 Å². The zero-order valence-electron chi connectivity index (χ0n) is 13.6. The smallest absolute Gasteiger partial charge is 0.339 e. The molecule has 8 nitrogen and oxygen atoms in total. The maximum atomic E-state index is 12.5. The second-order valence-corrected chi connectivity index (χ2v) is 7.21. The van der Waals surface area contributed by atoms with Crippen LogP contribution in [0.15, 0.2) is 17.0 Å². The quantitative estimate of drug-likeness (QED) is 0.750. The maximum absolute atomic E-state index is 12.5. The van der Waals surface area contributed by atoms with Gasteiger partial charge in [-0.05, 0) is 24.8 Å². The minimum absolute atomic E-state index is 0.0235. The highest BCUT2D eigenvalue weighted by molar-refractivity contribution is 7.89. The number of methoxy groups -OCH3 is 2. The number of benzene rings is 1. The van der Waals surface area contributed by atoms with Crippen molar-refractivity contribution < 1.29 is 32.5 Å². The fourth-order valence-electron chi connectivity index (χ4n) is 2.53. The summed E-state index contributed by atoms with van der Waals surface area (Å²) in [5.74, 6) is -1.18. The molecule has 1 unspecified atom stereocenters. The molecule has 1 fully saturated rings. The van der Waals surface area contributed by atoms with Crippen molar-refractivity contribution >= 4 is 16.0 Å². The van der Waals surface area contributed by atoms with Gasteiger partial charge in [0.25, 0.3) is 0 Å². The number of sulfonamides is 1. The molecule has 0 aromatic heterocycles. The van der Waals surface area contributed by atoms with Crippen molar-refractivity contribution in [1.82, 2.24) is 4.72 Å². The lowest BCUT2D eigenvalue weighted by Crippen LogP contribution is -2.33. The van der Waals surface area contributed by atoms with E-state index in [1.807, 2.05) is 0 Å². The lowest BCUT2D eigenvalue weighted by molar-refractivity contribution is 0.0568. The Labute approximate surface area is 140 Å². The zero-order valence-corrected chi connectivity index (χ0v) is 14.4. The molecular formula is C15H21NO7S. The van der Waals surface area contributed by atoms with Gasteiger partial charge in [-0.15, -0.1) is 0 Å². The van der Waals surface area contributed by atoms with Crippen molar-refractivity contribution in [2.24, 2.45) is 5.92 Å². The number of hydrogen-bond acceptors (Lipinski definition) is 6. The Morgan fingerprint density at radius 2 is 2.12 bits per heavy atom. The van der Waals surface area contributed by atoms with E-state index in [0.717, 1.165) is 18.9 Å². The molecule has 2 N–H and O–H groups in total. The molecule has 2 rings (SSSR count). The lowest BCUT2D eigenvalue weighted by Gasteiger charge is -2.22. The number of carboxylic acids is 1. The van der Waals surface area contributed by atoms with Gasteiger partial charge in [-0.2, -0.15) is 0 Å². The Morgan fingerprint density at radius 1 is 1.38 bits per heavy atom. The van der Waals surface area contributed by atoms with Gasteiger partial charge in [0.05, 0.1) is 25.7 Å². The Kier molecular flexibility index (Phi) is 6.03. The van der Waals surface area contributed by atoms with Crippen LogP contribution in [-0.2, 0) is 14.8 Å². The summed E-state index contributed by atoms with van der Waals surface area (Å²) in [5, 5.41) is 9.27. The molecule has 0 spiro atoms. The SMILES string of the molecule is COc1cc(S(=O)(=O)NCC2CCCOC2)cc(C(=O)O)c1OC. The molecule has 0 amide bonds. The number of carbonyl (C=O) groups is 1. The summed E-state index contributed by atoms with van der Waals surface area (Å²) in [6.45, 7) is 1.44. The average Bonchev–Trinajstić information content (AvgIpc) is 2.59. The molecular weight excluding hydrogens is 338 g/mol. The molecule has 1 heterocycles. The van der Waals surface area contributed by atoms with Crippen LogP contribution in [0.2, 0.25) is 0 Å². The van der Waals surface area contributed by atoms with Crippen LogP contribution < -0.4 is 14.2 Å². The van der Waals surface area contributed by atoms with Gasteiger partial charge in [0.2, 0.25) is 10.0 Å². The highest BCUT2D eigenvalue weighted by Crippen LogP contribution is 2.34. The molecule has 134 valence electrons. The largest absolute Gasteiger partial charge is 0.493 e. The highest BCUT2D eigenvalue weighted by atomic mass is 32.2. The third-order valence-electron chi connectivity index (χ3n) is 3.81. The van der Waals surface area contributed by atoms with Crippen LogP contribution in [0.1, 0.15) is 23.2 Å². The molecule has 1 aliphatic heterocycles. The Bertz CT molecular complexity index is 696. The first-order valence-corrected chi connectivity index (χ1v) is 8.94. The monoisotopic (exact) mass is 359 g/mol. The van der Waals surface area contributed by atoms with Crippen molar-refractivity contribution in [3.63, 3.8) is 0 Å². The first-order valence-electron chi connectivity index (χ1n) is 7.45. The van der Waals surface area contributed by atoms with Crippen LogP contribution in [-0.4, -0.2) is 53.5 Å².